The second-order valence-corrected chi connectivity index (χ2v) is 7.74. The average molecular weight is 538 g/mol. The number of hydrogen-bond acceptors (Lipinski definition) is 4. The lowest BCUT2D eigenvalue weighted by Gasteiger charge is -2.35. The van der Waals surface area contributed by atoms with Gasteiger partial charge in [0.05, 0.1) is 14.2 Å². The van der Waals surface area contributed by atoms with Crippen LogP contribution >= 0.6 is 24.0 Å². The molecule has 1 heterocycles. The van der Waals surface area contributed by atoms with Crippen molar-refractivity contribution in [3.05, 3.63) is 54.1 Å². The standard InChI is InChI=1S/C24H34N4O2.HI/c1-18(19-8-6-5-7-9-19)17-26-24(25-2)27-20-10-12-28(13-11-20)21-14-22(29-3)16-23(15-21)30-4;/h5-9,14-16,18,20H,10-13,17H2,1-4H3,(H2,25,26,27);1H. The minimum absolute atomic E-state index is 0. The maximum absolute atomic E-state index is 5.41. The van der Waals surface area contributed by atoms with Crippen LogP contribution in [0.1, 0.15) is 31.2 Å². The Hall–Kier alpha value is -2.16. The quantitative estimate of drug-likeness (QED) is 0.314. The minimum atomic E-state index is 0. The summed E-state index contributed by atoms with van der Waals surface area (Å²) in [6, 6.07) is 17.0. The highest BCUT2D eigenvalue weighted by Crippen LogP contribution is 2.30. The summed E-state index contributed by atoms with van der Waals surface area (Å²) in [6.45, 7) is 5.04. The second-order valence-electron chi connectivity index (χ2n) is 7.74. The van der Waals surface area contributed by atoms with Crippen LogP contribution in [0.2, 0.25) is 0 Å². The van der Waals surface area contributed by atoms with E-state index in [0.717, 1.165) is 55.6 Å². The van der Waals surface area contributed by atoms with Gasteiger partial charge in [0.1, 0.15) is 11.5 Å². The van der Waals surface area contributed by atoms with E-state index in [0.29, 0.717) is 12.0 Å². The third-order valence-corrected chi connectivity index (χ3v) is 5.71. The molecule has 1 aliphatic rings. The number of hydrogen-bond donors (Lipinski definition) is 2. The number of methoxy groups -OCH3 is 2. The molecule has 0 aliphatic carbocycles. The van der Waals surface area contributed by atoms with E-state index < -0.39 is 0 Å². The summed E-state index contributed by atoms with van der Waals surface area (Å²) in [5.41, 5.74) is 2.48. The highest BCUT2D eigenvalue weighted by molar-refractivity contribution is 14.0. The molecule has 31 heavy (non-hydrogen) atoms. The second kappa shape index (κ2) is 12.6. The number of nitrogens with one attached hydrogen (secondary N) is 2. The van der Waals surface area contributed by atoms with Crippen molar-refractivity contribution in [3.63, 3.8) is 0 Å². The number of halogens is 1. The first kappa shape index (κ1) is 25.1. The Morgan fingerprint density at radius 1 is 1.06 bits per heavy atom. The lowest BCUT2D eigenvalue weighted by molar-refractivity contribution is 0.393. The molecular weight excluding hydrogens is 503 g/mol. The van der Waals surface area contributed by atoms with Gasteiger partial charge >= 0.3 is 0 Å². The summed E-state index contributed by atoms with van der Waals surface area (Å²) in [5.74, 6) is 2.94. The van der Waals surface area contributed by atoms with Crippen LogP contribution in [-0.4, -0.2) is 52.9 Å². The Bertz CT molecular complexity index is 801. The van der Waals surface area contributed by atoms with Crippen LogP contribution in [0.25, 0.3) is 0 Å². The van der Waals surface area contributed by atoms with Gasteiger partial charge in [-0.15, -0.1) is 24.0 Å². The van der Waals surface area contributed by atoms with E-state index in [2.05, 4.69) is 69.9 Å². The fraction of sp³-hybridized carbons (Fsp3) is 0.458. The zero-order chi connectivity index (χ0) is 21.3. The summed E-state index contributed by atoms with van der Waals surface area (Å²) in [5, 5.41) is 7.07. The molecule has 2 N–H and O–H groups in total. The van der Waals surface area contributed by atoms with Gasteiger partial charge in [0.15, 0.2) is 5.96 Å². The predicted molar refractivity (Wildman–Crippen MR) is 140 cm³/mol. The van der Waals surface area contributed by atoms with Crippen molar-refractivity contribution in [2.75, 3.05) is 45.8 Å². The molecule has 1 atom stereocenters. The van der Waals surface area contributed by atoms with Gasteiger partial charge in [-0.05, 0) is 24.3 Å². The van der Waals surface area contributed by atoms with Crippen LogP contribution in [0.5, 0.6) is 11.5 Å². The van der Waals surface area contributed by atoms with E-state index in [-0.39, 0.29) is 24.0 Å². The fourth-order valence-corrected chi connectivity index (χ4v) is 3.79. The molecule has 2 aromatic carbocycles. The molecule has 6 nitrogen and oxygen atoms in total. The van der Waals surface area contributed by atoms with Gasteiger partial charge < -0.3 is 25.0 Å². The normalized spacial score (nSPS) is 15.6. The molecule has 0 radical (unpaired) electrons. The van der Waals surface area contributed by atoms with E-state index >= 15 is 0 Å². The first-order chi connectivity index (χ1) is 14.6. The van der Waals surface area contributed by atoms with E-state index in [9.17, 15) is 0 Å². The van der Waals surface area contributed by atoms with Crippen LogP contribution in [0.3, 0.4) is 0 Å². The van der Waals surface area contributed by atoms with Crippen molar-refractivity contribution in [3.8, 4) is 11.5 Å². The first-order valence-electron chi connectivity index (χ1n) is 10.6. The van der Waals surface area contributed by atoms with E-state index in [1.165, 1.54) is 5.56 Å². The predicted octanol–water partition coefficient (Wildman–Crippen LogP) is 4.26. The molecule has 0 spiro atoms. The van der Waals surface area contributed by atoms with Crippen LogP contribution in [-0.2, 0) is 0 Å². The van der Waals surface area contributed by atoms with E-state index in [4.69, 9.17) is 9.47 Å². The maximum Gasteiger partial charge on any atom is 0.191 e. The number of nitrogens with zero attached hydrogens (tertiary/aromatic N) is 2. The van der Waals surface area contributed by atoms with Gasteiger partial charge in [-0.3, -0.25) is 4.99 Å². The molecule has 0 amide bonds. The van der Waals surface area contributed by atoms with Crippen molar-refractivity contribution in [2.24, 2.45) is 4.99 Å². The van der Waals surface area contributed by atoms with Crippen LogP contribution in [0.15, 0.2) is 53.5 Å². The molecule has 0 bridgehead atoms. The van der Waals surface area contributed by atoms with Crippen molar-refractivity contribution < 1.29 is 9.47 Å². The summed E-state index contributed by atoms with van der Waals surface area (Å²) in [6.07, 6.45) is 2.10. The van der Waals surface area contributed by atoms with E-state index in [1.54, 1.807) is 14.2 Å². The molecule has 1 fully saturated rings. The van der Waals surface area contributed by atoms with Gasteiger partial charge in [-0.25, -0.2) is 0 Å². The summed E-state index contributed by atoms with van der Waals surface area (Å²) >= 11 is 0. The van der Waals surface area contributed by atoms with Crippen LogP contribution in [0, 0.1) is 0 Å². The zero-order valence-corrected chi connectivity index (χ0v) is 21.3. The monoisotopic (exact) mass is 538 g/mol. The summed E-state index contributed by atoms with van der Waals surface area (Å²) in [7, 11) is 5.21. The lowest BCUT2D eigenvalue weighted by atomic mass is 10.0. The molecule has 1 saturated heterocycles. The van der Waals surface area contributed by atoms with Crippen LogP contribution in [0.4, 0.5) is 5.69 Å². The van der Waals surface area contributed by atoms with Crippen molar-refractivity contribution in [1.29, 1.82) is 0 Å². The van der Waals surface area contributed by atoms with Crippen molar-refractivity contribution >= 4 is 35.6 Å². The number of aliphatic imine (C=N–C) groups is 1. The van der Waals surface area contributed by atoms with Gasteiger partial charge in [-0.1, -0.05) is 37.3 Å². The third kappa shape index (κ3) is 7.19. The van der Waals surface area contributed by atoms with Gasteiger partial charge in [0.25, 0.3) is 0 Å². The van der Waals surface area contributed by atoms with Gasteiger partial charge in [0.2, 0.25) is 0 Å². The Balaban J connectivity index is 0.00000341. The molecule has 170 valence electrons. The molecule has 1 aliphatic heterocycles. The molecule has 0 saturated carbocycles. The molecular formula is C24H35IN4O2. The number of anilines is 1. The van der Waals surface area contributed by atoms with Crippen LogP contribution < -0.4 is 25.0 Å². The number of guanidine groups is 1. The molecule has 3 rings (SSSR count). The lowest BCUT2D eigenvalue weighted by Crippen LogP contribution is -2.49. The SMILES string of the molecule is CN=C(NCC(C)c1ccccc1)NC1CCN(c2cc(OC)cc(OC)c2)CC1.I. The average Bonchev–Trinajstić information content (AvgIpc) is 2.82. The summed E-state index contributed by atoms with van der Waals surface area (Å²) < 4.78 is 10.8. The fourth-order valence-electron chi connectivity index (χ4n) is 3.79. The first-order valence-corrected chi connectivity index (χ1v) is 10.6. The highest BCUT2D eigenvalue weighted by Gasteiger charge is 2.21. The minimum Gasteiger partial charge on any atom is -0.497 e. The topological polar surface area (TPSA) is 58.1 Å². The molecule has 7 heteroatoms. The van der Waals surface area contributed by atoms with Gasteiger partial charge in [0, 0.05) is 56.6 Å². The number of rotatable bonds is 7. The summed E-state index contributed by atoms with van der Waals surface area (Å²) in [4.78, 5) is 6.80. The maximum atomic E-state index is 5.41. The Morgan fingerprint density at radius 3 is 2.23 bits per heavy atom. The molecule has 1 unspecified atom stereocenters. The van der Waals surface area contributed by atoms with Crippen molar-refractivity contribution in [1.82, 2.24) is 10.6 Å². The Morgan fingerprint density at radius 2 is 1.68 bits per heavy atom. The number of benzene rings is 2. The van der Waals surface area contributed by atoms with Crippen molar-refractivity contribution in [2.45, 2.75) is 31.7 Å². The van der Waals surface area contributed by atoms with E-state index in [1.807, 2.05) is 13.1 Å². The Labute approximate surface area is 203 Å². The zero-order valence-electron chi connectivity index (χ0n) is 18.9. The Kier molecular flexibility index (Phi) is 10.2. The smallest absolute Gasteiger partial charge is 0.191 e. The highest BCUT2D eigenvalue weighted by atomic mass is 127. The molecule has 0 aromatic heterocycles. The third-order valence-electron chi connectivity index (χ3n) is 5.71. The largest absolute Gasteiger partial charge is 0.497 e. The van der Waals surface area contributed by atoms with Gasteiger partial charge in [-0.2, -0.15) is 0 Å². The molecule has 2 aromatic rings. The number of ether oxygens (including phenoxy) is 2. The number of piperidine rings is 1.